The summed E-state index contributed by atoms with van der Waals surface area (Å²) in [6.45, 7) is 0. The fourth-order valence-corrected chi connectivity index (χ4v) is 7.23. The molecule has 0 fully saturated rings. The first-order valence-electron chi connectivity index (χ1n) is 16.8. The van der Waals surface area contributed by atoms with Crippen molar-refractivity contribution in [3.63, 3.8) is 0 Å². The van der Waals surface area contributed by atoms with Gasteiger partial charge in [-0.3, -0.25) is 0 Å². The minimum atomic E-state index is 0.925. The van der Waals surface area contributed by atoms with Crippen molar-refractivity contribution in [1.29, 1.82) is 0 Å². The van der Waals surface area contributed by atoms with Crippen LogP contribution in [0.4, 0.5) is 0 Å². The topological polar surface area (TPSA) is 57.4 Å². The smallest absolute Gasteiger partial charge is 0.0737 e. The molecule has 5 heterocycles. The van der Waals surface area contributed by atoms with E-state index in [-0.39, 0.29) is 0 Å². The minimum absolute atomic E-state index is 0.925. The largest absolute Gasteiger partial charge is 0.354 e. The average molecular weight is 619 g/mol. The summed E-state index contributed by atoms with van der Waals surface area (Å²) < 4.78 is 0. The molecule has 0 spiro atoms. The number of nitrogens with zero attached hydrogens (tertiary/aromatic N) is 2. The molecular weight excluding hydrogens is 585 g/mol. The van der Waals surface area contributed by atoms with Gasteiger partial charge in [0.1, 0.15) is 0 Å². The van der Waals surface area contributed by atoms with Crippen molar-refractivity contribution in [1.82, 2.24) is 19.9 Å². The lowest BCUT2D eigenvalue weighted by molar-refractivity contribution is 1.04. The summed E-state index contributed by atoms with van der Waals surface area (Å²) in [7, 11) is 0. The Hall–Kier alpha value is -6.00. The first-order chi connectivity index (χ1) is 23.8. The van der Waals surface area contributed by atoms with E-state index in [0.717, 1.165) is 104 Å². The standard InChI is InChI=1S/C44H34N4/c1-5-13-29(14-6-1)41-33-21-23-35(45-33)42(30-15-7-2-8-16-30)37-25-27-39(47-37)44(32-19-11-4-12-20-32)40-28-26-38(48-40)43(31-17-9-3-10-18-31)36-24-22-34(41)46-36/h1-2,5-9,11,13-28,46-47H,3-4,10,12H2. The summed E-state index contributed by atoms with van der Waals surface area (Å²) in [6.07, 6.45) is 26.5. The van der Waals surface area contributed by atoms with Crippen molar-refractivity contribution in [2.24, 2.45) is 0 Å². The third kappa shape index (κ3) is 5.03. The molecule has 230 valence electrons. The van der Waals surface area contributed by atoms with Gasteiger partial charge in [0.05, 0.1) is 22.8 Å². The highest BCUT2D eigenvalue weighted by Crippen LogP contribution is 2.37. The molecule has 0 unspecified atom stereocenters. The second-order valence-electron chi connectivity index (χ2n) is 12.5. The quantitative estimate of drug-likeness (QED) is 0.206. The van der Waals surface area contributed by atoms with Crippen molar-refractivity contribution in [2.75, 3.05) is 0 Å². The Morgan fingerprint density at radius 2 is 0.750 bits per heavy atom. The molecule has 2 aliphatic heterocycles. The van der Waals surface area contributed by atoms with Crippen LogP contribution in [0.2, 0.25) is 0 Å². The molecule has 0 atom stereocenters. The van der Waals surface area contributed by atoms with Crippen LogP contribution in [0, 0.1) is 0 Å². The number of hydrogen-bond acceptors (Lipinski definition) is 2. The third-order valence-electron chi connectivity index (χ3n) is 9.45. The molecule has 0 saturated carbocycles. The molecule has 0 saturated heterocycles. The van der Waals surface area contributed by atoms with Crippen molar-refractivity contribution >= 4 is 57.5 Å². The molecule has 8 bridgehead atoms. The third-order valence-corrected chi connectivity index (χ3v) is 9.45. The van der Waals surface area contributed by atoms with Crippen LogP contribution in [0.25, 0.3) is 79.8 Å². The van der Waals surface area contributed by atoms with Gasteiger partial charge in [-0.05, 0) is 96.5 Å². The number of fused-ring (bicyclic) bond motifs is 8. The number of aromatic amines is 2. The van der Waals surface area contributed by atoms with Gasteiger partial charge in [-0.1, -0.05) is 97.1 Å². The van der Waals surface area contributed by atoms with Gasteiger partial charge in [-0.2, -0.15) is 0 Å². The fourth-order valence-electron chi connectivity index (χ4n) is 7.23. The summed E-state index contributed by atoms with van der Waals surface area (Å²) in [4.78, 5) is 18.4. The zero-order valence-corrected chi connectivity index (χ0v) is 26.6. The lowest BCUT2D eigenvalue weighted by Gasteiger charge is -2.10. The Morgan fingerprint density at radius 3 is 1.12 bits per heavy atom. The molecule has 0 amide bonds. The van der Waals surface area contributed by atoms with Gasteiger partial charge in [-0.15, -0.1) is 0 Å². The van der Waals surface area contributed by atoms with E-state index in [9.17, 15) is 0 Å². The number of hydrogen-bond donors (Lipinski definition) is 2. The van der Waals surface area contributed by atoms with Gasteiger partial charge in [0.25, 0.3) is 0 Å². The van der Waals surface area contributed by atoms with Crippen LogP contribution < -0.4 is 0 Å². The van der Waals surface area contributed by atoms with Gasteiger partial charge < -0.3 is 9.97 Å². The van der Waals surface area contributed by atoms with Crippen LogP contribution in [0.1, 0.15) is 59.6 Å². The zero-order chi connectivity index (χ0) is 31.9. The van der Waals surface area contributed by atoms with E-state index in [4.69, 9.17) is 9.97 Å². The van der Waals surface area contributed by atoms with Gasteiger partial charge in [0, 0.05) is 44.3 Å². The molecule has 48 heavy (non-hydrogen) atoms. The van der Waals surface area contributed by atoms with Crippen molar-refractivity contribution in [3.8, 4) is 22.3 Å². The normalized spacial score (nSPS) is 15.1. The van der Waals surface area contributed by atoms with Crippen molar-refractivity contribution in [2.45, 2.75) is 25.7 Å². The van der Waals surface area contributed by atoms with E-state index in [1.54, 1.807) is 0 Å². The Balaban J connectivity index is 1.47. The van der Waals surface area contributed by atoms with E-state index >= 15 is 0 Å². The van der Waals surface area contributed by atoms with E-state index < -0.39 is 0 Å². The Labute approximate surface area is 280 Å². The van der Waals surface area contributed by atoms with E-state index in [1.807, 2.05) is 0 Å². The Morgan fingerprint density at radius 1 is 0.375 bits per heavy atom. The molecule has 4 heteroatoms. The summed E-state index contributed by atoms with van der Waals surface area (Å²) in [5.41, 5.74) is 16.8. The summed E-state index contributed by atoms with van der Waals surface area (Å²) >= 11 is 0. The van der Waals surface area contributed by atoms with Gasteiger partial charge >= 0.3 is 0 Å². The monoisotopic (exact) mass is 618 g/mol. The SMILES string of the molecule is C1=CC(c2c3nc(c(C4=CCCC=C4)c4ccc([nH]4)c(-c4ccccc4)c4nc(c(-c5ccccc5)c5ccc2[nH]5)C=C4)C=C3)=CCC1. The maximum atomic E-state index is 5.40. The zero-order valence-electron chi connectivity index (χ0n) is 26.6. The number of benzene rings is 2. The van der Waals surface area contributed by atoms with E-state index in [2.05, 4.69) is 156 Å². The lowest BCUT2D eigenvalue weighted by Crippen LogP contribution is -1.94. The molecule has 5 aromatic rings. The van der Waals surface area contributed by atoms with Crippen molar-refractivity contribution < 1.29 is 0 Å². The molecule has 4 nitrogen and oxygen atoms in total. The van der Waals surface area contributed by atoms with Crippen LogP contribution in [0.15, 0.2) is 121 Å². The van der Waals surface area contributed by atoms with Crippen LogP contribution in [0.5, 0.6) is 0 Å². The molecule has 2 aliphatic carbocycles. The molecule has 4 aliphatic rings. The predicted molar refractivity (Wildman–Crippen MR) is 202 cm³/mol. The van der Waals surface area contributed by atoms with Crippen molar-refractivity contribution in [3.05, 3.63) is 155 Å². The van der Waals surface area contributed by atoms with Crippen LogP contribution in [-0.4, -0.2) is 19.9 Å². The highest BCUT2D eigenvalue weighted by atomic mass is 14.8. The Kier molecular flexibility index (Phi) is 7.05. The number of rotatable bonds is 4. The molecule has 2 N–H and O–H groups in total. The van der Waals surface area contributed by atoms with E-state index in [1.165, 1.54) is 11.1 Å². The number of H-pyrrole nitrogens is 2. The summed E-state index contributed by atoms with van der Waals surface area (Å²) in [5.74, 6) is 0. The second kappa shape index (κ2) is 12.0. The van der Waals surface area contributed by atoms with E-state index in [0.29, 0.717) is 0 Å². The first kappa shape index (κ1) is 28.2. The highest BCUT2D eigenvalue weighted by molar-refractivity contribution is 5.99. The minimum Gasteiger partial charge on any atom is -0.354 e. The molecule has 2 aromatic carbocycles. The average Bonchev–Trinajstić information content (AvgIpc) is 3.98. The first-order valence-corrected chi connectivity index (χ1v) is 16.8. The number of allylic oxidation sites excluding steroid dienone is 8. The molecule has 9 rings (SSSR count). The molecule has 0 radical (unpaired) electrons. The maximum Gasteiger partial charge on any atom is 0.0737 e. The van der Waals surface area contributed by atoms with Gasteiger partial charge in [0.2, 0.25) is 0 Å². The summed E-state index contributed by atoms with van der Waals surface area (Å²) in [5, 5.41) is 0. The van der Waals surface area contributed by atoms with Crippen LogP contribution in [0.3, 0.4) is 0 Å². The van der Waals surface area contributed by atoms with Crippen LogP contribution in [-0.2, 0) is 0 Å². The van der Waals surface area contributed by atoms with Gasteiger partial charge in [0.15, 0.2) is 0 Å². The fraction of sp³-hybridized carbons (Fsp3) is 0.0909. The lowest BCUT2D eigenvalue weighted by atomic mass is 9.98. The summed E-state index contributed by atoms with van der Waals surface area (Å²) in [6, 6.07) is 29.9. The number of nitrogens with one attached hydrogen (secondary N) is 2. The maximum absolute atomic E-state index is 5.40. The molecular formula is C44H34N4. The van der Waals surface area contributed by atoms with Gasteiger partial charge in [-0.25, -0.2) is 9.97 Å². The highest BCUT2D eigenvalue weighted by Gasteiger charge is 2.19. The molecule has 3 aromatic heterocycles. The van der Waals surface area contributed by atoms with Crippen LogP contribution >= 0.6 is 0 Å². The predicted octanol–water partition coefficient (Wildman–Crippen LogP) is 11.5. The second-order valence-corrected chi connectivity index (χ2v) is 12.5. The Bertz CT molecular complexity index is 2260. The number of aromatic nitrogens is 4.